The predicted molar refractivity (Wildman–Crippen MR) is 55.2 cm³/mol. The third-order valence-corrected chi connectivity index (χ3v) is 1.93. The number of hydrogen-bond acceptors (Lipinski definition) is 3. The second-order valence-corrected chi connectivity index (χ2v) is 4.84. The molecule has 1 heterocycles. The van der Waals surface area contributed by atoms with Crippen LogP contribution in [0.1, 0.15) is 40.7 Å². The highest BCUT2D eigenvalue weighted by Crippen LogP contribution is 2.16. The Kier molecular flexibility index (Phi) is 3.12. The SMILES string of the molecule is CC(C)[n+]1cc(NC(=O)C(C)(C)C)on1. The molecule has 0 radical (unpaired) electrons. The van der Waals surface area contributed by atoms with Gasteiger partial charge in [-0.25, -0.2) is 0 Å². The molecule has 0 bridgehead atoms. The van der Waals surface area contributed by atoms with Gasteiger partial charge < -0.3 is 0 Å². The number of aromatic nitrogens is 2. The molecule has 0 aromatic carbocycles. The monoisotopic (exact) mass is 212 g/mol. The van der Waals surface area contributed by atoms with E-state index in [-0.39, 0.29) is 11.9 Å². The largest absolute Gasteiger partial charge is 0.302 e. The number of carbonyl (C=O) groups is 1. The molecule has 15 heavy (non-hydrogen) atoms. The van der Waals surface area contributed by atoms with Crippen molar-refractivity contribution in [2.45, 2.75) is 40.7 Å². The van der Waals surface area contributed by atoms with Crippen molar-refractivity contribution in [3.63, 3.8) is 0 Å². The highest BCUT2D eigenvalue weighted by atomic mass is 16.5. The van der Waals surface area contributed by atoms with Crippen LogP contribution in [0, 0.1) is 5.41 Å². The molecule has 1 N–H and O–H groups in total. The van der Waals surface area contributed by atoms with Crippen LogP contribution in [0.2, 0.25) is 0 Å². The summed E-state index contributed by atoms with van der Waals surface area (Å²) in [5.41, 5.74) is -0.435. The molecular weight excluding hydrogens is 194 g/mol. The Morgan fingerprint density at radius 3 is 2.53 bits per heavy atom. The van der Waals surface area contributed by atoms with Crippen LogP contribution in [-0.2, 0) is 4.79 Å². The first-order chi connectivity index (χ1) is 6.80. The summed E-state index contributed by atoms with van der Waals surface area (Å²) in [6, 6.07) is 0.217. The zero-order valence-corrected chi connectivity index (χ0v) is 9.87. The maximum atomic E-state index is 11.6. The molecule has 0 spiro atoms. The lowest BCUT2D eigenvalue weighted by Gasteiger charge is -2.14. The summed E-state index contributed by atoms with van der Waals surface area (Å²) in [5.74, 6) is 0.290. The van der Waals surface area contributed by atoms with Crippen LogP contribution in [0.4, 0.5) is 5.88 Å². The molecule has 0 fully saturated rings. The van der Waals surface area contributed by atoms with E-state index in [1.807, 2.05) is 34.6 Å². The number of anilines is 1. The Morgan fingerprint density at radius 2 is 2.13 bits per heavy atom. The standard InChI is InChI=1S/C10H17N3O2/c1-7(2)13-6-8(15-12-13)11-9(14)10(3,4)5/h6-7H,1-5H3/p+1. The van der Waals surface area contributed by atoms with Gasteiger partial charge in [0.15, 0.2) is 6.04 Å². The number of nitrogens with one attached hydrogen (secondary N) is 1. The Labute approximate surface area is 89.4 Å². The van der Waals surface area contributed by atoms with Crippen molar-refractivity contribution in [3.05, 3.63) is 6.20 Å². The molecule has 5 heteroatoms. The van der Waals surface area contributed by atoms with E-state index in [1.165, 1.54) is 0 Å². The van der Waals surface area contributed by atoms with Gasteiger partial charge in [0.25, 0.3) is 6.20 Å². The zero-order valence-electron chi connectivity index (χ0n) is 9.87. The first-order valence-electron chi connectivity index (χ1n) is 5.00. The van der Waals surface area contributed by atoms with Gasteiger partial charge in [-0.3, -0.25) is 14.6 Å². The molecule has 0 unspecified atom stereocenters. The molecule has 5 nitrogen and oxygen atoms in total. The zero-order chi connectivity index (χ0) is 11.6. The van der Waals surface area contributed by atoms with E-state index in [9.17, 15) is 4.79 Å². The van der Waals surface area contributed by atoms with Gasteiger partial charge >= 0.3 is 5.88 Å². The van der Waals surface area contributed by atoms with Crippen molar-refractivity contribution in [3.8, 4) is 0 Å². The van der Waals surface area contributed by atoms with E-state index in [2.05, 4.69) is 10.6 Å². The minimum absolute atomic E-state index is 0.0884. The summed E-state index contributed by atoms with van der Waals surface area (Å²) in [7, 11) is 0. The van der Waals surface area contributed by atoms with Crippen molar-refractivity contribution < 1.29 is 14.0 Å². The van der Waals surface area contributed by atoms with Crippen molar-refractivity contribution in [2.24, 2.45) is 5.41 Å². The lowest BCUT2D eigenvalue weighted by atomic mass is 9.96. The number of rotatable bonds is 2. The second kappa shape index (κ2) is 4.00. The Bertz CT molecular complexity index is 350. The Balaban J connectivity index is 2.70. The molecule has 0 atom stereocenters. The summed E-state index contributed by atoms with van der Waals surface area (Å²) in [6.07, 6.45) is 1.67. The van der Waals surface area contributed by atoms with Crippen LogP contribution < -0.4 is 10.00 Å². The van der Waals surface area contributed by atoms with Gasteiger partial charge in [-0.15, -0.1) is 0 Å². The molecule has 1 rings (SSSR count). The summed E-state index contributed by atoms with van der Waals surface area (Å²) in [4.78, 5) is 11.6. The number of amides is 1. The molecule has 0 aliphatic heterocycles. The van der Waals surface area contributed by atoms with Crippen molar-refractivity contribution in [2.75, 3.05) is 5.32 Å². The maximum Gasteiger partial charge on any atom is 0.302 e. The molecule has 0 aliphatic carbocycles. The van der Waals surface area contributed by atoms with Gasteiger partial charge in [0, 0.05) is 5.41 Å². The minimum atomic E-state index is -0.435. The molecule has 0 saturated carbocycles. The fraction of sp³-hybridized carbons (Fsp3) is 0.700. The van der Waals surface area contributed by atoms with E-state index in [4.69, 9.17) is 4.52 Å². The van der Waals surface area contributed by atoms with Crippen LogP contribution in [-0.4, -0.2) is 11.2 Å². The van der Waals surface area contributed by atoms with Gasteiger partial charge in [0.2, 0.25) is 11.2 Å². The van der Waals surface area contributed by atoms with Gasteiger partial charge in [-0.1, -0.05) is 20.8 Å². The van der Waals surface area contributed by atoms with Crippen LogP contribution in [0.15, 0.2) is 10.7 Å². The first-order valence-corrected chi connectivity index (χ1v) is 5.00. The summed E-state index contributed by atoms with van der Waals surface area (Å²) >= 11 is 0. The Hall–Kier alpha value is -1.39. The lowest BCUT2D eigenvalue weighted by molar-refractivity contribution is -0.779. The minimum Gasteiger partial charge on any atom is -0.289 e. The van der Waals surface area contributed by atoms with Crippen LogP contribution in [0.5, 0.6) is 0 Å². The number of carbonyl (C=O) groups excluding carboxylic acids is 1. The fourth-order valence-electron chi connectivity index (χ4n) is 0.856. The van der Waals surface area contributed by atoms with E-state index in [0.717, 1.165) is 0 Å². The topological polar surface area (TPSA) is 59.0 Å². The third kappa shape index (κ3) is 3.04. The molecule has 1 aromatic heterocycles. The molecule has 0 aliphatic rings. The first kappa shape index (κ1) is 11.7. The predicted octanol–water partition coefficient (Wildman–Crippen LogP) is 1.53. The smallest absolute Gasteiger partial charge is 0.289 e. The molecular formula is C10H18N3O2+. The van der Waals surface area contributed by atoms with Crippen molar-refractivity contribution in [1.29, 1.82) is 0 Å². The average molecular weight is 212 g/mol. The van der Waals surface area contributed by atoms with Crippen LogP contribution >= 0.6 is 0 Å². The maximum absolute atomic E-state index is 11.6. The summed E-state index contributed by atoms with van der Waals surface area (Å²) < 4.78 is 6.62. The van der Waals surface area contributed by atoms with Crippen LogP contribution in [0.25, 0.3) is 0 Å². The molecule has 0 saturated heterocycles. The highest BCUT2D eigenvalue weighted by Gasteiger charge is 2.24. The van der Waals surface area contributed by atoms with Crippen molar-refractivity contribution >= 4 is 11.8 Å². The highest BCUT2D eigenvalue weighted by molar-refractivity contribution is 5.93. The van der Waals surface area contributed by atoms with E-state index >= 15 is 0 Å². The summed E-state index contributed by atoms with van der Waals surface area (Å²) in [6.45, 7) is 9.50. The van der Waals surface area contributed by atoms with Crippen molar-refractivity contribution in [1.82, 2.24) is 5.27 Å². The normalized spacial score (nSPS) is 11.9. The molecule has 84 valence electrons. The second-order valence-electron chi connectivity index (χ2n) is 4.84. The lowest BCUT2D eigenvalue weighted by Crippen LogP contribution is -2.37. The van der Waals surface area contributed by atoms with Gasteiger partial charge in [0.05, 0.1) is 0 Å². The molecule has 1 amide bonds. The third-order valence-electron chi connectivity index (χ3n) is 1.93. The fourth-order valence-corrected chi connectivity index (χ4v) is 0.856. The van der Waals surface area contributed by atoms with E-state index in [0.29, 0.717) is 5.88 Å². The summed E-state index contributed by atoms with van der Waals surface area (Å²) in [5, 5.41) is 6.45. The Morgan fingerprint density at radius 1 is 1.53 bits per heavy atom. The number of hydrogen-bond donors (Lipinski definition) is 1. The van der Waals surface area contributed by atoms with Gasteiger partial charge in [-0.05, 0) is 18.5 Å². The molecule has 1 aromatic rings. The van der Waals surface area contributed by atoms with E-state index < -0.39 is 5.41 Å². The average Bonchev–Trinajstić information content (AvgIpc) is 2.50. The van der Waals surface area contributed by atoms with Crippen LogP contribution in [0.3, 0.4) is 0 Å². The van der Waals surface area contributed by atoms with E-state index in [1.54, 1.807) is 10.9 Å². The van der Waals surface area contributed by atoms with Gasteiger partial charge in [-0.2, -0.15) is 0 Å². The van der Waals surface area contributed by atoms with Gasteiger partial charge in [0.1, 0.15) is 0 Å². The number of nitrogens with zero attached hydrogens (tertiary/aromatic N) is 2. The quantitative estimate of drug-likeness (QED) is 0.756.